The molecule has 1 aromatic carbocycles. The highest BCUT2D eigenvalue weighted by atomic mass is 16.4. The Hall–Kier alpha value is -1.35. The minimum absolute atomic E-state index is 0.202. The van der Waals surface area contributed by atoms with Crippen molar-refractivity contribution < 1.29 is 15.0 Å². The van der Waals surface area contributed by atoms with E-state index >= 15 is 0 Å². The van der Waals surface area contributed by atoms with E-state index in [1.54, 1.807) is 19.1 Å². The number of carbonyl (C=O) groups is 1. The Labute approximate surface area is 70.3 Å². The number of aliphatic hydroxyl groups excluding tert-OH is 1. The smallest absolute Gasteiger partial charge is 0.335 e. The minimum atomic E-state index is -0.975. The molecule has 1 aromatic rings. The van der Waals surface area contributed by atoms with Gasteiger partial charge in [0.05, 0.1) is 11.7 Å². The number of carboxylic acid groups (broad SMARTS) is 1. The monoisotopic (exact) mass is 166 g/mol. The van der Waals surface area contributed by atoms with Crippen LogP contribution in [0.4, 0.5) is 0 Å². The van der Waals surface area contributed by atoms with Crippen molar-refractivity contribution in [3.8, 4) is 0 Å². The zero-order valence-corrected chi connectivity index (χ0v) is 6.69. The first-order valence-electron chi connectivity index (χ1n) is 3.62. The Bertz CT molecular complexity index is 292. The standard InChI is InChI=1S/C9H10O3/c1-6(10)7-3-2-4-8(5-7)9(11)12/h2-6,10H,1H3,(H,11,12)/t6-/m1/s1. The second-order valence-electron chi connectivity index (χ2n) is 2.61. The molecule has 12 heavy (non-hydrogen) atoms. The van der Waals surface area contributed by atoms with Gasteiger partial charge in [0.2, 0.25) is 0 Å². The van der Waals surface area contributed by atoms with Crippen molar-refractivity contribution in [3.05, 3.63) is 35.4 Å². The van der Waals surface area contributed by atoms with E-state index in [0.29, 0.717) is 5.56 Å². The molecule has 0 heterocycles. The second-order valence-corrected chi connectivity index (χ2v) is 2.61. The van der Waals surface area contributed by atoms with Gasteiger partial charge in [0.25, 0.3) is 0 Å². The molecule has 0 aromatic heterocycles. The van der Waals surface area contributed by atoms with Crippen molar-refractivity contribution in [3.63, 3.8) is 0 Å². The van der Waals surface area contributed by atoms with Gasteiger partial charge in [-0.2, -0.15) is 0 Å². The van der Waals surface area contributed by atoms with E-state index in [2.05, 4.69) is 0 Å². The zero-order valence-electron chi connectivity index (χ0n) is 6.69. The highest BCUT2D eigenvalue weighted by Gasteiger charge is 2.05. The van der Waals surface area contributed by atoms with Gasteiger partial charge < -0.3 is 10.2 Å². The van der Waals surface area contributed by atoms with E-state index in [4.69, 9.17) is 10.2 Å². The molecule has 0 aliphatic carbocycles. The van der Waals surface area contributed by atoms with Gasteiger partial charge in [-0.3, -0.25) is 0 Å². The lowest BCUT2D eigenvalue weighted by molar-refractivity contribution is 0.0696. The second kappa shape index (κ2) is 3.36. The molecular weight excluding hydrogens is 156 g/mol. The molecule has 0 saturated carbocycles. The molecule has 3 heteroatoms. The number of benzene rings is 1. The van der Waals surface area contributed by atoms with E-state index in [1.165, 1.54) is 12.1 Å². The van der Waals surface area contributed by atoms with Crippen LogP contribution in [-0.2, 0) is 0 Å². The summed E-state index contributed by atoms with van der Waals surface area (Å²) in [6, 6.07) is 6.27. The van der Waals surface area contributed by atoms with E-state index < -0.39 is 12.1 Å². The molecule has 0 radical (unpaired) electrons. The normalized spacial score (nSPS) is 12.5. The summed E-state index contributed by atoms with van der Waals surface area (Å²) >= 11 is 0. The van der Waals surface area contributed by atoms with Crippen LogP contribution in [-0.4, -0.2) is 16.2 Å². The fraction of sp³-hybridized carbons (Fsp3) is 0.222. The maximum Gasteiger partial charge on any atom is 0.335 e. The first-order chi connectivity index (χ1) is 5.61. The number of carboxylic acids is 1. The highest BCUT2D eigenvalue weighted by molar-refractivity contribution is 5.87. The Balaban J connectivity index is 3.04. The lowest BCUT2D eigenvalue weighted by Crippen LogP contribution is -1.98. The Morgan fingerprint density at radius 3 is 2.67 bits per heavy atom. The van der Waals surface area contributed by atoms with Crippen molar-refractivity contribution in [1.82, 2.24) is 0 Å². The molecule has 0 aliphatic heterocycles. The van der Waals surface area contributed by atoms with Gasteiger partial charge in [-0.15, -0.1) is 0 Å². The van der Waals surface area contributed by atoms with E-state index in [-0.39, 0.29) is 5.56 Å². The van der Waals surface area contributed by atoms with E-state index in [9.17, 15) is 4.79 Å². The van der Waals surface area contributed by atoms with E-state index in [1.807, 2.05) is 0 Å². The minimum Gasteiger partial charge on any atom is -0.478 e. The number of aromatic carboxylic acids is 1. The summed E-state index contributed by atoms with van der Waals surface area (Å²) in [6.45, 7) is 1.60. The Morgan fingerprint density at radius 2 is 2.17 bits per heavy atom. The average Bonchev–Trinajstić information content (AvgIpc) is 2.04. The van der Waals surface area contributed by atoms with Gasteiger partial charge in [-0.1, -0.05) is 12.1 Å². The zero-order chi connectivity index (χ0) is 9.14. The molecule has 0 bridgehead atoms. The molecule has 2 N–H and O–H groups in total. The fourth-order valence-electron chi connectivity index (χ4n) is 0.932. The van der Waals surface area contributed by atoms with E-state index in [0.717, 1.165) is 0 Å². The molecule has 0 fully saturated rings. The van der Waals surface area contributed by atoms with Crippen molar-refractivity contribution >= 4 is 5.97 Å². The van der Waals surface area contributed by atoms with Crippen LogP contribution in [0.3, 0.4) is 0 Å². The van der Waals surface area contributed by atoms with Crippen LogP contribution in [0.15, 0.2) is 24.3 Å². The average molecular weight is 166 g/mol. The molecule has 64 valence electrons. The molecule has 3 nitrogen and oxygen atoms in total. The van der Waals surface area contributed by atoms with Crippen molar-refractivity contribution in [2.75, 3.05) is 0 Å². The van der Waals surface area contributed by atoms with Crippen molar-refractivity contribution in [1.29, 1.82) is 0 Å². The maximum atomic E-state index is 10.5. The van der Waals surface area contributed by atoms with Crippen LogP contribution >= 0.6 is 0 Å². The largest absolute Gasteiger partial charge is 0.478 e. The lowest BCUT2D eigenvalue weighted by Gasteiger charge is -2.04. The quantitative estimate of drug-likeness (QED) is 0.698. The van der Waals surface area contributed by atoms with Gasteiger partial charge in [-0.05, 0) is 24.6 Å². The van der Waals surface area contributed by atoms with Crippen LogP contribution in [0, 0.1) is 0 Å². The summed E-state index contributed by atoms with van der Waals surface area (Å²) in [7, 11) is 0. The molecule has 0 aliphatic rings. The predicted octanol–water partition coefficient (Wildman–Crippen LogP) is 1.44. The van der Waals surface area contributed by atoms with Gasteiger partial charge in [0, 0.05) is 0 Å². The molecule has 0 spiro atoms. The lowest BCUT2D eigenvalue weighted by atomic mass is 10.1. The summed E-state index contributed by atoms with van der Waals surface area (Å²) < 4.78 is 0. The molecular formula is C9H10O3. The highest BCUT2D eigenvalue weighted by Crippen LogP contribution is 2.13. The molecule has 1 rings (SSSR count). The van der Waals surface area contributed by atoms with Gasteiger partial charge in [0.15, 0.2) is 0 Å². The van der Waals surface area contributed by atoms with Crippen LogP contribution < -0.4 is 0 Å². The Morgan fingerprint density at radius 1 is 1.50 bits per heavy atom. The fourth-order valence-corrected chi connectivity index (χ4v) is 0.932. The first kappa shape index (κ1) is 8.74. The molecule has 1 atom stereocenters. The summed E-state index contributed by atoms with van der Waals surface area (Å²) in [5.41, 5.74) is 0.823. The molecule has 0 unspecified atom stereocenters. The van der Waals surface area contributed by atoms with Crippen LogP contribution in [0.25, 0.3) is 0 Å². The van der Waals surface area contributed by atoms with Gasteiger partial charge >= 0.3 is 5.97 Å². The molecule has 0 amide bonds. The SMILES string of the molecule is C[C@@H](O)c1cccc(C(=O)O)c1. The number of aliphatic hydroxyl groups is 1. The van der Waals surface area contributed by atoms with Gasteiger partial charge in [0.1, 0.15) is 0 Å². The van der Waals surface area contributed by atoms with Crippen LogP contribution in [0.2, 0.25) is 0 Å². The third kappa shape index (κ3) is 1.83. The number of rotatable bonds is 2. The number of hydrogen-bond acceptors (Lipinski definition) is 2. The van der Waals surface area contributed by atoms with Crippen LogP contribution in [0.5, 0.6) is 0 Å². The summed E-state index contributed by atoms with van der Waals surface area (Å²) in [6.07, 6.45) is -0.621. The summed E-state index contributed by atoms with van der Waals surface area (Å²) in [4.78, 5) is 10.5. The first-order valence-corrected chi connectivity index (χ1v) is 3.62. The number of hydrogen-bond donors (Lipinski definition) is 2. The maximum absolute atomic E-state index is 10.5. The van der Waals surface area contributed by atoms with Crippen molar-refractivity contribution in [2.45, 2.75) is 13.0 Å². The third-order valence-corrected chi connectivity index (χ3v) is 1.62. The van der Waals surface area contributed by atoms with Crippen LogP contribution in [0.1, 0.15) is 28.9 Å². The Kier molecular flexibility index (Phi) is 2.45. The topological polar surface area (TPSA) is 57.5 Å². The predicted molar refractivity (Wildman–Crippen MR) is 44.0 cm³/mol. The summed E-state index contributed by atoms with van der Waals surface area (Å²) in [5.74, 6) is -0.975. The third-order valence-electron chi connectivity index (χ3n) is 1.62. The molecule has 0 saturated heterocycles. The van der Waals surface area contributed by atoms with Crippen molar-refractivity contribution in [2.24, 2.45) is 0 Å². The van der Waals surface area contributed by atoms with Gasteiger partial charge in [-0.25, -0.2) is 4.79 Å². The summed E-state index contributed by atoms with van der Waals surface area (Å²) in [5, 5.41) is 17.7.